The van der Waals surface area contributed by atoms with Crippen LogP contribution in [0.25, 0.3) is 0 Å². The van der Waals surface area contributed by atoms with E-state index in [9.17, 15) is 9.59 Å². The molecule has 2 saturated carbocycles. The third-order valence-corrected chi connectivity index (χ3v) is 5.67. The van der Waals surface area contributed by atoms with Crippen LogP contribution in [0.1, 0.15) is 44.7 Å². The summed E-state index contributed by atoms with van der Waals surface area (Å²) in [7, 11) is 1.35. The number of nitrogens with zero attached hydrogens (tertiary/aromatic N) is 3. The second-order valence-corrected chi connectivity index (χ2v) is 7.34. The number of methoxy groups -OCH3 is 1. The Labute approximate surface area is 142 Å². The van der Waals surface area contributed by atoms with Gasteiger partial charge in [0.15, 0.2) is 0 Å². The molecule has 1 aromatic rings. The maximum absolute atomic E-state index is 12.5. The summed E-state index contributed by atoms with van der Waals surface area (Å²) in [5, 5.41) is 11.0. The van der Waals surface area contributed by atoms with Gasteiger partial charge in [0.05, 0.1) is 12.8 Å². The van der Waals surface area contributed by atoms with Gasteiger partial charge in [0.2, 0.25) is 5.91 Å². The molecule has 3 rings (SSSR count). The van der Waals surface area contributed by atoms with Crippen molar-refractivity contribution in [1.82, 2.24) is 20.3 Å². The second kappa shape index (κ2) is 6.91. The minimum atomic E-state index is -0.349. The summed E-state index contributed by atoms with van der Waals surface area (Å²) in [5.41, 5.74) is 0.659. The molecule has 3 atom stereocenters. The molecular formula is C17H26N4O3. The Bertz CT molecular complexity index is 615. The van der Waals surface area contributed by atoms with Crippen LogP contribution < -0.4 is 5.32 Å². The summed E-state index contributed by atoms with van der Waals surface area (Å²) in [4.78, 5) is 23.7. The molecule has 1 amide bonds. The van der Waals surface area contributed by atoms with Gasteiger partial charge in [-0.2, -0.15) is 0 Å². The van der Waals surface area contributed by atoms with Crippen LogP contribution >= 0.6 is 0 Å². The maximum atomic E-state index is 12.5. The van der Waals surface area contributed by atoms with Gasteiger partial charge in [-0.05, 0) is 43.9 Å². The van der Waals surface area contributed by atoms with E-state index in [2.05, 4.69) is 27.3 Å². The zero-order chi connectivity index (χ0) is 17.2. The van der Waals surface area contributed by atoms with Crippen LogP contribution in [0, 0.1) is 17.3 Å². The summed E-state index contributed by atoms with van der Waals surface area (Å²) in [5.74, 6) is 1.19. The number of fused-ring (bicyclic) bond motifs is 2. The molecule has 0 saturated heterocycles. The van der Waals surface area contributed by atoms with E-state index in [0.29, 0.717) is 12.5 Å². The fourth-order valence-corrected chi connectivity index (χ4v) is 4.28. The van der Waals surface area contributed by atoms with Gasteiger partial charge >= 0.3 is 5.97 Å². The summed E-state index contributed by atoms with van der Waals surface area (Å²) in [6, 6.07) is 0. The average molecular weight is 334 g/mol. The molecule has 1 N–H and O–H groups in total. The molecule has 1 aromatic heterocycles. The molecule has 0 spiro atoms. The lowest BCUT2D eigenvalue weighted by Crippen LogP contribution is -2.42. The lowest BCUT2D eigenvalue weighted by molar-refractivity contribution is -0.141. The van der Waals surface area contributed by atoms with Crippen LogP contribution in [0.2, 0.25) is 0 Å². The Morgan fingerprint density at radius 3 is 2.96 bits per heavy atom. The van der Waals surface area contributed by atoms with Crippen molar-refractivity contribution in [2.24, 2.45) is 17.3 Å². The minimum Gasteiger partial charge on any atom is -0.468 e. The number of carbonyl (C=O) groups is 2. The Morgan fingerprint density at radius 1 is 1.46 bits per heavy atom. The lowest BCUT2D eigenvalue weighted by Gasteiger charge is -2.32. The summed E-state index contributed by atoms with van der Waals surface area (Å²) in [6.45, 7) is 2.85. The summed E-state index contributed by atoms with van der Waals surface area (Å²) >= 11 is 0. The molecule has 2 fully saturated rings. The number of rotatable bonds is 7. The highest BCUT2D eigenvalue weighted by molar-refractivity contribution is 5.83. The van der Waals surface area contributed by atoms with Crippen molar-refractivity contribution >= 4 is 11.9 Å². The molecule has 0 aliphatic heterocycles. The first-order valence-electron chi connectivity index (χ1n) is 8.75. The smallest absolute Gasteiger partial charge is 0.327 e. The van der Waals surface area contributed by atoms with Gasteiger partial charge in [0.1, 0.15) is 6.54 Å². The molecule has 1 heterocycles. The molecule has 7 nitrogen and oxygen atoms in total. The van der Waals surface area contributed by atoms with Crippen molar-refractivity contribution in [3.8, 4) is 0 Å². The highest BCUT2D eigenvalue weighted by atomic mass is 16.5. The van der Waals surface area contributed by atoms with Gasteiger partial charge < -0.3 is 10.1 Å². The van der Waals surface area contributed by atoms with Crippen molar-refractivity contribution in [1.29, 1.82) is 0 Å². The van der Waals surface area contributed by atoms with E-state index >= 15 is 0 Å². The number of ether oxygens (including phenoxy) is 1. The predicted octanol–water partition coefficient (Wildman–Crippen LogP) is 1.33. The molecule has 2 aliphatic carbocycles. The monoisotopic (exact) mass is 334 g/mol. The van der Waals surface area contributed by atoms with Crippen LogP contribution in [0.4, 0.5) is 0 Å². The van der Waals surface area contributed by atoms with E-state index in [-0.39, 0.29) is 23.8 Å². The van der Waals surface area contributed by atoms with Gasteiger partial charge in [-0.15, -0.1) is 5.10 Å². The van der Waals surface area contributed by atoms with Gasteiger partial charge in [-0.25, -0.2) is 4.68 Å². The van der Waals surface area contributed by atoms with Crippen LogP contribution in [-0.4, -0.2) is 40.5 Å². The standard InChI is InChI=1S/C17H26N4O3/c1-17(9-12-5-6-13(17)8-12)16(23)18-7-3-4-14-10-21(20-19-14)11-15(22)24-2/h10,12-13H,3-9,11H2,1-2H3,(H,18,23). The van der Waals surface area contributed by atoms with Crippen LogP contribution in [0.3, 0.4) is 0 Å². The van der Waals surface area contributed by atoms with E-state index < -0.39 is 0 Å². The minimum absolute atomic E-state index is 0.0706. The molecule has 0 radical (unpaired) electrons. The highest BCUT2D eigenvalue weighted by Crippen LogP contribution is 2.55. The predicted molar refractivity (Wildman–Crippen MR) is 86.9 cm³/mol. The normalized spacial score (nSPS) is 28.1. The maximum Gasteiger partial charge on any atom is 0.327 e. The highest BCUT2D eigenvalue weighted by Gasteiger charge is 2.52. The van der Waals surface area contributed by atoms with Gasteiger partial charge in [-0.3, -0.25) is 9.59 Å². The zero-order valence-corrected chi connectivity index (χ0v) is 14.5. The van der Waals surface area contributed by atoms with Gasteiger partial charge in [-0.1, -0.05) is 18.6 Å². The third-order valence-electron chi connectivity index (χ3n) is 5.67. The molecule has 132 valence electrons. The van der Waals surface area contributed by atoms with Gasteiger partial charge in [0, 0.05) is 18.2 Å². The quantitative estimate of drug-likeness (QED) is 0.600. The van der Waals surface area contributed by atoms with Crippen molar-refractivity contribution < 1.29 is 14.3 Å². The van der Waals surface area contributed by atoms with Crippen molar-refractivity contribution in [2.75, 3.05) is 13.7 Å². The Hall–Kier alpha value is -1.92. The van der Waals surface area contributed by atoms with Crippen molar-refractivity contribution in [2.45, 2.75) is 52.0 Å². The second-order valence-electron chi connectivity index (χ2n) is 7.34. The lowest BCUT2D eigenvalue weighted by atomic mass is 9.74. The average Bonchev–Trinajstić information content (AvgIpc) is 3.27. The van der Waals surface area contributed by atoms with Crippen molar-refractivity contribution in [3.63, 3.8) is 0 Å². The number of hydrogen-bond donors (Lipinski definition) is 1. The molecule has 7 heteroatoms. The number of aromatic nitrogens is 3. The number of hydrogen-bond acceptors (Lipinski definition) is 5. The Balaban J connectivity index is 1.39. The van der Waals surface area contributed by atoms with E-state index in [1.807, 2.05) is 0 Å². The van der Waals surface area contributed by atoms with E-state index in [1.165, 1.54) is 31.1 Å². The van der Waals surface area contributed by atoms with Crippen LogP contribution in [0.5, 0.6) is 0 Å². The number of nitrogens with one attached hydrogen (secondary N) is 1. The van der Waals surface area contributed by atoms with Crippen molar-refractivity contribution in [3.05, 3.63) is 11.9 Å². The zero-order valence-electron chi connectivity index (χ0n) is 14.5. The third kappa shape index (κ3) is 3.44. The first kappa shape index (κ1) is 16.9. The van der Waals surface area contributed by atoms with E-state index in [0.717, 1.165) is 30.9 Å². The molecule has 2 aliphatic rings. The van der Waals surface area contributed by atoms with E-state index in [1.54, 1.807) is 6.20 Å². The molecular weight excluding hydrogens is 308 g/mol. The first-order chi connectivity index (χ1) is 11.5. The fraction of sp³-hybridized carbons (Fsp3) is 0.765. The number of amides is 1. The molecule has 24 heavy (non-hydrogen) atoms. The topological polar surface area (TPSA) is 86.1 Å². The first-order valence-corrected chi connectivity index (χ1v) is 8.75. The molecule has 0 aromatic carbocycles. The Kier molecular flexibility index (Phi) is 4.87. The van der Waals surface area contributed by atoms with Crippen LogP contribution in [-0.2, 0) is 27.3 Å². The number of esters is 1. The molecule has 2 bridgehead atoms. The number of aryl methyl sites for hydroxylation is 1. The summed E-state index contributed by atoms with van der Waals surface area (Å²) < 4.78 is 6.06. The Morgan fingerprint density at radius 2 is 2.29 bits per heavy atom. The largest absolute Gasteiger partial charge is 0.468 e. The van der Waals surface area contributed by atoms with Gasteiger partial charge in [0.25, 0.3) is 0 Å². The SMILES string of the molecule is COC(=O)Cn1cc(CCCNC(=O)C2(C)CC3CCC2C3)nn1. The summed E-state index contributed by atoms with van der Waals surface area (Å²) in [6.07, 6.45) is 8.07. The fourth-order valence-electron chi connectivity index (χ4n) is 4.28. The van der Waals surface area contributed by atoms with E-state index in [4.69, 9.17) is 0 Å². The van der Waals surface area contributed by atoms with Crippen LogP contribution in [0.15, 0.2) is 6.20 Å². The number of carbonyl (C=O) groups excluding carboxylic acids is 2. The molecule has 3 unspecified atom stereocenters.